The molecule has 1 N–H and O–H groups in total. The SMILES string of the molecule is Cc1cc(C)n(CC2CCN(C(=O)Nc3ccc(Cl)c(Cl)c3)CC2)n1. The molecule has 0 bridgehead atoms. The molecular formula is C18H22Cl2N4O. The van der Waals surface area contributed by atoms with Crippen molar-refractivity contribution in [3.8, 4) is 0 Å². The third kappa shape index (κ3) is 4.47. The summed E-state index contributed by atoms with van der Waals surface area (Å²) in [7, 11) is 0. The van der Waals surface area contributed by atoms with Crippen LogP contribution < -0.4 is 5.32 Å². The molecule has 2 heterocycles. The predicted molar refractivity (Wildman–Crippen MR) is 101 cm³/mol. The largest absolute Gasteiger partial charge is 0.325 e. The minimum Gasteiger partial charge on any atom is -0.325 e. The van der Waals surface area contributed by atoms with Crippen LogP contribution >= 0.6 is 23.2 Å². The lowest BCUT2D eigenvalue weighted by Gasteiger charge is -2.32. The molecule has 3 rings (SSSR count). The maximum absolute atomic E-state index is 12.4. The highest BCUT2D eigenvalue weighted by Crippen LogP contribution is 2.26. The summed E-state index contributed by atoms with van der Waals surface area (Å²) in [5.41, 5.74) is 2.90. The first-order valence-electron chi connectivity index (χ1n) is 8.44. The minimum atomic E-state index is -0.0945. The van der Waals surface area contributed by atoms with E-state index in [1.54, 1.807) is 18.2 Å². The summed E-state index contributed by atoms with van der Waals surface area (Å²) < 4.78 is 2.07. The van der Waals surface area contributed by atoms with Crippen molar-refractivity contribution in [3.05, 3.63) is 45.7 Å². The van der Waals surface area contributed by atoms with Gasteiger partial charge in [0.1, 0.15) is 0 Å². The maximum atomic E-state index is 12.4. The van der Waals surface area contributed by atoms with Gasteiger partial charge in [-0.3, -0.25) is 4.68 Å². The van der Waals surface area contributed by atoms with Gasteiger partial charge in [0.25, 0.3) is 0 Å². The van der Waals surface area contributed by atoms with Gasteiger partial charge < -0.3 is 10.2 Å². The van der Waals surface area contributed by atoms with Gasteiger partial charge in [-0.25, -0.2) is 4.79 Å². The highest BCUT2D eigenvalue weighted by molar-refractivity contribution is 6.42. The monoisotopic (exact) mass is 380 g/mol. The van der Waals surface area contributed by atoms with Crippen LogP contribution in [0.1, 0.15) is 24.2 Å². The molecule has 1 aromatic carbocycles. The van der Waals surface area contributed by atoms with Crippen molar-refractivity contribution < 1.29 is 4.79 Å². The lowest BCUT2D eigenvalue weighted by molar-refractivity contribution is 0.175. The molecule has 0 radical (unpaired) electrons. The van der Waals surface area contributed by atoms with Gasteiger partial charge in [0.15, 0.2) is 0 Å². The van der Waals surface area contributed by atoms with E-state index in [4.69, 9.17) is 23.2 Å². The van der Waals surface area contributed by atoms with Crippen LogP contribution in [0.15, 0.2) is 24.3 Å². The van der Waals surface area contributed by atoms with Crippen LogP contribution in [0.4, 0.5) is 10.5 Å². The Morgan fingerprint density at radius 3 is 2.52 bits per heavy atom. The molecule has 0 unspecified atom stereocenters. The molecule has 1 saturated heterocycles. The fourth-order valence-electron chi connectivity index (χ4n) is 3.20. The van der Waals surface area contributed by atoms with Gasteiger partial charge in [-0.15, -0.1) is 0 Å². The summed E-state index contributed by atoms with van der Waals surface area (Å²) in [6.07, 6.45) is 1.96. The number of hydrogen-bond acceptors (Lipinski definition) is 2. The number of carbonyl (C=O) groups is 1. The molecule has 2 amide bonds. The Kier molecular flexibility index (Phi) is 5.54. The van der Waals surface area contributed by atoms with Crippen molar-refractivity contribution in [2.24, 2.45) is 5.92 Å². The van der Waals surface area contributed by atoms with Gasteiger partial charge in [-0.1, -0.05) is 23.2 Å². The van der Waals surface area contributed by atoms with E-state index < -0.39 is 0 Å². The zero-order chi connectivity index (χ0) is 18.0. The number of halogens is 2. The minimum absolute atomic E-state index is 0.0945. The molecule has 0 saturated carbocycles. The summed E-state index contributed by atoms with van der Waals surface area (Å²) in [6, 6.07) is 7.10. The predicted octanol–water partition coefficient (Wildman–Crippen LogP) is 4.75. The van der Waals surface area contributed by atoms with Gasteiger partial charge >= 0.3 is 6.03 Å². The Morgan fingerprint density at radius 1 is 1.20 bits per heavy atom. The summed E-state index contributed by atoms with van der Waals surface area (Å²) in [4.78, 5) is 14.3. The van der Waals surface area contributed by atoms with E-state index in [1.165, 1.54) is 5.69 Å². The van der Waals surface area contributed by atoms with Crippen LogP contribution in [0, 0.1) is 19.8 Å². The first kappa shape index (κ1) is 18.1. The molecule has 5 nitrogen and oxygen atoms in total. The number of likely N-dealkylation sites (tertiary alicyclic amines) is 1. The molecule has 0 atom stereocenters. The van der Waals surface area contributed by atoms with Crippen molar-refractivity contribution in [2.75, 3.05) is 18.4 Å². The molecule has 2 aromatic rings. The fraction of sp³-hybridized carbons (Fsp3) is 0.444. The van der Waals surface area contributed by atoms with Crippen molar-refractivity contribution in [2.45, 2.75) is 33.2 Å². The molecule has 1 aromatic heterocycles. The molecule has 7 heteroatoms. The van der Waals surface area contributed by atoms with E-state index in [1.807, 2.05) is 11.8 Å². The normalized spacial score (nSPS) is 15.4. The lowest BCUT2D eigenvalue weighted by Crippen LogP contribution is -2.41. The number of amides is 2. The van der Waals surface area contributed by atoms with Crippen LogP contribution in [0.3, 0.4) is 0 Å². The highest BCUT2D eigenvalue weighted by atomic mass is 35.5. The van der Waals surface area contributed by atoms with Crippen molar-refractivity contribution in [3.63, 3.8) is 0 Å². The summed E-state index contributed by atoms with van der Waals surface area (Å²) in [5.74, 6) is 0.548. The maximum Gasteiger partial charge on any atom is 0.321 e. The van der Waals surface area contributed by atoms with Crippen LogP contribution in [0.2, 0.25) is 10.0 Å². The number of carbonyl (C=O) groups excluding carboxylic acids is 1. The van der Waals surface area contributed by atoms with Gasteiger partial charge in [-0.2, -0.15) is 5.10 Å². The first-order valence-corrected chi connectivity index (χ1v) is 9.20. The van der Waals surface area contributed by atoms with Crippen LogP contribution in [-0.2, 0) is 6.54 Å². The second kappa shape index (κ2) is 7.67. The third-order valence-electron chi connectivity index (χ3n) is 4.61. The molecule has 134 valence electrons. The third-order valence-corrected chi connectivity index (χ3v) is 5.35. The number of aryl methyl sites for hydroxylation is 2. The van der Waals surface area contributed by atoms with E-state index in [-0.39, 0.29) is 6.03 Å². The van der Waals surface area contributed by atoms with E-state index in [9.17, 15) is 4.79 Å². The average molecular weight is 381 g/mol. The Labute approximate surface area is 157 Å². The van der Waals surface area contributed by atoms with Gasteiger partial charge in [0.2, 0.25) is 0 Å². The Hall–Kier alpha value is -1.72. The lowest BCUT2D eigenvalue weighted by atomic mass is 9.97. The van der Waals surface area contributed by atoms with Crippen molar-refractivity contribution in [1.29, 1.82) is 0 Å². The molecule has 1 fully saturated rings. The highest BCUT2D eigenvalue weighted by Gasteiger charge is 2.23. The second-order valence-corrected chi connectivity index (χ2v) is 7.41. The molecule has 0 spiro atoms. The van der Waals surface area contributed by atoms with E-state index >= 15 is 0 Å². The average Bonchev–Trinajstić information content (AvgIpc) is 2.89. The number of aromatic nitrogens is 2. The van der Waals surface area contributed by atoms with E-state index in [2.05, 4.69) is 28.1 Å². The van der Waals surface area contributed by atoms with Crippen LogP contribution in [-0.4, -0.2) is 33.8 Å². The molecule has 25 heavy (non-hydrogen) atoms. The number of piperidine rings is 1. The van der Waals surface area contributed by atoms with Crippen molar-refractivity contribution >= 4 is 34.9 Å². The van der Waals surface area contributed by atoms with Crippen LogP contribution in [0.25, 0.3) is 0 Å². The summed E-state index contributed by atoms with van der Waals surface area (Å²) >= 11 is 11.9. The number of rotatable bonds is 3. The molecular weight excluding hydrogens is 359 g/mol. The zero-order valence-electron chi connectivity index (χ0n) is 14.4. The van der Waals surface area contributed by atoms with E-state index in [0.717, 1.165) is 38.2 Å². The Bertz CT molecular complexity index is 766. The topological polar surface area (TPSA) is 50.2 Å². The quantitative estimate of drug-likeness (QED) is 0.834. The molecule has 1 aliphatic rings. The fourth-order valence-corrected chi connectivity index (χ4v) is 3.50. The standard InChI is InChI=1S/C18H22Cl2N4O/c1-12-9-13(2)24(22-12)11-14-5-7-23(8-6-14)18(25)21-15-3-4-16(19)17(20)10-15/h3-4,9-10,14H,5-8,11H2,1-2H3,(H,21,25). The molecule has 0 aliphatic carbocycles. The van der Waals surface area contributed by atoms with E-state index in [0.29, 0.717) is 21.7 Å². The summed E-state index contributed by atoms with van der Waals surface area (Å²) in [5, 5.41) is 8.32. The number of nitrogens with one attached hydrogen (secondary N) is 1. The summed E-state index contributed by atoms with van der Waals surface area (Å²) in [6.45, 7) is 6.51. The number of urea groups is 1. The first-order chi connectivity index (χ1) is 11.9. The van der Waals surface area contributed by atoms with Crippen LogP contribution in [0.5, 0.6) is 0 Å². The van der Waals surface area contributed by atoms with Gasteiger partial charge in [0.05, 0.1) is 15.7 Å². The molecule has 1 aliphatic heterocycles. The number of anilines is 1. The zero-order valence-corrected chi connectivity index (χ0v) is 15.9. The number of hydrogen-bond donors (Lipinski definition) is 1. The second-order valence-electron chi connectivity index (χ2n) is 6.60. The van der Waals surface area contributed by atoms with Gasteiger partial charge in [-0.05, 0) is 56.9 Å². The smallest absolute Gasteiger partial charge is 0.321 e. The number of nitrogens with zero attached hydrogens (tertiary/aromatic N) is 3. The van der Waals surface area contributed by atoms with Gasteiger partial charge in [0, 0.05) is 31.0 Å². The Balaban J connectivity index is 1.52. The Morgan fingerprint density at radius 2 is 1.92 bits per heavy atom. The number of benzene rings is 1. The van der Waals surface area contributed by atoms with Crippen molar-refractivity contribution in [1.82, 2.24) is 14.7 Å².